The highest BCUT2D eigenvalue weighted by atomic mass is 16.2. The van der Waals surface area contributed by atoms with Crippen LogP contribution in [0.2, 0.25) is 0 Å². The van der Waals surface area contributed by atoms with Crippen molar-refractivity contribution in [1.82, 2.24) is 5.43 Å². The van der Waals surface area contributed by atoms with E-state index in [0.717, 1.165) is 41.0 Å². The van der Waals surface area contributed by atoms with Gasteiger partial charge in [-0.2, -0.15) is 5.10 Å². The minimum Gasteiger partial charge on any atom is -0.376 e. The normalized spacial score (nSPS) is 19.2. The van der Waals surface area contributed by atoms with E-state index in [1.165, 1.54) is 0 Å². The number of allylic oxidation sites excluding steroid dienone is 3. The van der Waals surface area contributed by atoms with Crippen LogP contribution in [0.4, 0.5) is 5.69 Å². The zero-order valence-corrected chi connectivity index (χ0v) is 14.1. The highest BCUT2D eigenvalue weighted by molar-refractivity contribution is 6.01. The predicted molar refractivity (Wildman–Crippen MR) is 96.5 cm³/mol. The van der Waals surface area contributed by atoms with E-state index in [1.807, 2.05) is 45.0 Å². The van der Waals surface area contributed by atoms with Crippen molar-refractivity contribution < 1.29 is 4.79 Å². The monoisotopic (exact) mass is 311 g/mol. The van der Waals surface area contributed by atoms with Gasteiger partial charge in [0.05, 0.1) is 12.3 Å². The molecule has 0 saturated heterocycles. The van der Waals surface area contributed by atoms with Crippen molar-refractivity contribution in [2.75, 3.05) is 11.9 Å². The fourth-order valence-electron chi connectivity index (χ4n) is 2.54. The maximum Gasteiger partial charge on any atom is 0.259 e. The number of para-hydroxylation sites is 1. The molecule has 0 bridgehead atoms. The van der Waals surface area contributed by atoms with Crippen molar-refractivity contribution in [2.45, 2.75) is 33.6 Å². The molecule has 1 aromatic rings. The number of rotatable bonds is 5. The summed E-state index contributed by atoms with van der Waals surface area (Å²) in [6, 6.07) is 7.89. The van der Waals surface area contributed by atoms with Gasteiger partial charge in [0.25, 0.3) is 5.91 Å². The quantitative estimate of drug-likeness (QED) is 0.642. The van der Waals surface area contributed by atoms with Crippen molar-refractivity contribution in [1.29, 1.82) is 0 Å². The summed E-state index contributed by atoms with van der Waals surface area (Å²) in [5, 5.41) is 7.43. The lowest BCUT2D eigenvalue weighted by Gasteiger charge is -2.22. The lowest BCUT2D eigenvalue weighted by Crippen LogP contribution is -2.28. The number of hydrogen-bond donors (Lipinski definition) is 2. The predicted octanol–water partition coefficient (Wildman–Crippen LogP) is 3.81. The number of benzene rings is 1. The standard InChI is InChI=1S/C19H25N3O/c1-13(2)16-10-9-15(4)18(11-16)21-22-19(23)12-20-17-8-6-5-7-14(17)3/h5-9,16,20H,1,10-12H2,2-4H3,(H,22,23)/b21-18+/t16-/m1/s1. The lowest BCUT2D eigenvalue weighted by atomic mass is 9.85. The second kappa shape index (κ2) is 7.77. The molecule has 1 aliphatic rings. The first-order valence-corrected chi connectivity index (χ1v) is 7.94. The largest absolute Gasteiger partial charge is 0.376 e. The molecule has 1 aromatic carbocycles. The molecule has 1 atom stereocenters. The average molecular weight is 311 g/mol. The number of hydrazone groups is 1. The van der Waals surface area contributed by atoms with Gasteiger partial charge in [0, 0.05) is 5.69 Å². The van der Waals surface area contributed by atoms with Crippen LogP contribution in [-0.4, -0.2) is 18.2 Å². The van der Waals surface area contributed by atoms with E-state index < -0.39 is 0 Å². The minimum absolute atomic E-state index is 0.147. The molecule has 23 heavy (non-hydrogen) atoms. The molecule has 0 aliphatic heterocycles. The molecular formula is C19H25N3O. The van der Waals surface area contributed by atoms with Gasteiger partial charge in [0.2, 0.25) is 0 Å². The zero-order valence-electron chi connectivity index (χ0n) is 14.1. The number of carbonyl (C=O) groups is 1. The molecular weight excluding hydrogens is 286 g/mol. The summed E-state index contributed by atoms with van der Waals surface area (Å²) in [5.41, 5.74) is 7.96. The van der Waals surface area contributed by atoms with Crippen LogP contribution in [0.25, 0.3) is 0 Å². The molecule has 4 heteroatoms. The molecule has 2 rings (SSSR count). The highest BCUT2D eigenvalue weighted by Crippen LogP contribution is 2.26. The lowest BCUT2D eigenvalue weighted by molar-refractivity contribution is -0.119. The number of nitrogens with one attached hydrogen (secondary N) is 2. The molecule has 0 radical (unpaired) electrons. The summed E-state index contributed by atoms with van der Waals surface area (Å²) < 4.78 is 0. The number of aryl methyl sites for hydroxylation is 1. The van der Waals surface area contributed by atoms with E-state index in [1.54, 1.807) is 0 Å². The van der Waals surface area contributed by atoms with Gasteiger partial charge in [0.15, 0.2) is 0 Å². The first kappa shape index (κ1) is 17.0. The molecule has 122 valence electrons. The zero-order chi connectivity index (χ0) is 16.8. The Labute approximate surface area is 138 Å². The highest BCUT2D eigenvalue weighted by Gasteiger charge is 2.18. The van der Waals surface area contributed by atoms with E-state index >= 15 is 0 Å². The molecule has 1 amide bonds. The van der Waals surface area contributed by atoms with Crippen molar-refractivity contribution in [3.63, 3.8) is 0 Å². The molecule has 0 spiro atoms. The van der Waals surface area contributed by atoms with Crippen LogP contribution in [0.1, 0.15) is 32.3 Å². The fourth-order valence-corrected chi connectivity index (χ4v) is 2.54. The maximum absolute atomic E-state index is 12.0. The molecule has 4 nitrogen and oxygen atoms in total. The van der Waals surface area contributed by atoms with Crippen LogP contribution in [-0.2, 0) is 4.79 Å². The molecule has 0 unspecified atom stereocenters. The number of amides is 1. The van der Waals surface area contributed by atoms with E-state index in [9.17, 15) is 4.79 Å². The van der Waals surface area contributed by atoms with Gasteiger partial charge in [-0.25, -0.2) is 5.43 Å². The Morgan fingerprint density at radius 1 is 1.35 bits per heavy atom. The Morgan fingerprint density at radius 3 is 2.78 bits per heavy atom. The number of carbonyl (C=O) groups excluding carboxylic acids is 1. The van der Waals surface area contributed by atoms with Gasteiger partial charge in [-0.3, -0.25) is 4.79 Å². The first-order chi connectivity index (χ1) is 11.0. The average Bonchev–Trinajstić information content (AvgIpc) is 2.53. The van der Waals surface area contributed by atoms with Crippen molar-refractivity contribution in [3.8, 4) is 0 Å². The van der Waals surface area contributed by atoms with E-state index in [0.29, 0.717) is 5.92 Å². The Bertz CT molecular complexity index is 658. The van der Waals surface area contributed by atoms with Gasteiger partial charge in [0.1, 0.15) is 0 Å². The summed E-state index contributed by atoms with van der Waals surface area (Å²) in [6.45, 7) is 10.3. The van der Waals surface area contributed by atoms with Crippen molar-refractivity contribution >= 4 is 17.3 Å². The fraction of sp³-hybridized carbons (Fsp3) is 0.368. The van der Waals surface area contributed by atoms with Crippen molar-refractivity contribution in [3.05, 3.63) is 53.6 Å². The Hall–Kier alpha value is -2.36. The van der Waals surface area contributed by atoms with Gasteiger partial charge < -0.3 is 5.32 Å². The molecule has 0 aromatic heterocycles. The Kier molecular flexibility index (Phi) is 5.74. The topological polar surface area (TPSA) is 53.5 Å². The summed E-state index contributed by atoms with van der Waals surface area (Å²) in [7, 11) is 0. The molecule has 0 fully saturated rings. The van der Waals surface area contributed by atoms with Gasteiger partial charge >= 0.3 is 0 Å². The van der Waals surface area contributed by atoms with E-state index in [-0.39, 0.29) is 12.5 Å². The SMILES string of the molecule is C=C(C)[C@@H]1CC=C(C)/C(=N/NC(=O)CNc2ccccc2C)C1. The Balaban J connectivity index is 1.90. The van der Waals surface area contributed by atoms with Crippen molar-refractivity contribution in [2.24, 2.45) is 11.0 Å². The third-order valence-electron chi connectivity index (χ3n) is 4.20. The minimum atomic E-state index is -0.147. The number of hydrogen-bond acceptors (Lipinski definition) is 3. The summed E-state index contributed by atoms with van der Waals surface area (Å²) >= 11 is 0. The summed E-state index contributed by atoms with van der Waals surface area (Å²) in [6.07, 6.45) is 4.01. The van der Waals surface area contributed by atoms with Crippen LogP contribution in [0.5, 0.6) is 0 Å². The maximum atomic E-state index is 12.0. The van der Waals surface area contributed by atoms with Crippen LogP contribution in [0, 0.1) is 12.8 Å². The summed E-state index contributed by atoms with van der Waals surface area (Å²) in [5.74, 6) is 0.269. The van der Waals surface area contributed by atoms with E-state index in [4.69, 9.17) is 0 Å². The third-order valence-corrected chi connectivity index (χ3v) is 4.20. The van der Waals surface area contributed by atoms with E-state index in [2.05, 4.69) is 28.5 Å². The smallest absolute Gasteiger partial charge is 0.259 e. The molecule has 2 N–H and O–H groups in total. The van der Waals surface area contributed by atoms with Crippen LogP contribution < -0.4 is 10.7 Å². The van der Waals surface area contributed by atoms with Crippen LogP contribution in [0.15, 0.2) is 53.2 Å². The first-order valence-electron chi connectivity index (χ1n) is 7.94. The molecule has 0 heterocycles. The van der Waals surface area contributed by atoms with Gasteiger partial charge in [-0.15, -0.1) is 0 Å². The van der Waals surface area contributed by atoms with Crippen LogP contribution >= 0.6 is 0 Å². The number of anilines is 1. The Morgan fingerprint density at radius 2 is 2.09 bits per heavy atom. The third kappa shape index (κ3) is 4.81. The second-order valence-corrected chi connectivity index (χ2v) is 6.13. The molecule has 0 saturated carbocycles. The van der Waals surface area contributed by atoms with Crippen LogP contribution in [0.3, 0.4) is 0 Å². The van der Waals surface area contributed by atoms with Gasteiger partial charge in [-0.05, 0) is 56.7 Å². The number of nitrogens with zero attached hydrogens (tertiary/aromatic N) is 1. The summed E-state index contributed by atoms with van der Waals surface area (Å²) in [4.78, 5) is 12.0. The van der Waals surface area contributed by atoms with Gasteiger partial charge in [-0.1, -0.05) is 36.4 Å². The molecule has 1 aliphatic carbocycles. The second-order valence-electron chi connectivity index (χ2n) is 6.13.